The SMILES string of the molecule is CS(=O)(=O)Nc1cccc(-c2cc(Oc3ccccc3)nc(NS(=O)(=O)c3ccccc3)n2)c1. The number of benzene rings is 3. The van der Waals surface area contributed by atoms with E-state index in [1.807, 2.05) is 6.07 Å². The number of rotatable bonds is 8. The molecule has 4 aromatic rings. The largest absolute Gasteiger partial charge is 0.439 e. The molecule has 1 aromatic heterocycles. The van der Waals surface area contributed by atoms with E-state index >= 15 is 0 Å². The summed E-state index contributed by atoms with van der Waals surface area (Å²) < 4.78 is 59.5. The van der Waals surface area contributed by atoms with Gasteiger partial charge in [-0.15, -0.1) is 0 Å². The van der Waals surface area contributed by atoms with Crippen LogP contribution in [0.5, 0.6) is 11.6 Å². The number of hydrogen-bond acceptors (Lipinski definition) is 7. The number of ether oxygens (including phenoxy) is 1. The van der Waals surface area contributed by atoms with Crippen LogP contribution in [0.3, 0.4) is 0 Å². The lowest BCUT2D eigenvalue weighted by Crippen LogP contribution is -2.15. The van der Waals surface area contributed by atoms with Gasteiger partial charge in [-0.2, -0.15) is 4.98 Å². The average Bonchev–Trinajstić information content (AvgIpc) is 2.79. The van der Waals surface area contributed by atoms with Crippen molar-refractivity contribution >= 4 is 31.7 Å². The van der Waals surface area contributed by atoms with E-state index in [0.29, 0.717) is 22.7 Å². The van der Waals surface area contributed by atoms with Crippen LogP contribution in [0.1, 0.15) is 0 Å². The minimum Gasteiger partial charge on any atom is -0.439 e. The fraction of sp³-hybridized carbons (Fsp3) is 0.0435. The van der Waals surface area contributed by atoms with E-state index in [1.165, 1.54) is 18.2 Å². The van der Waals surface area contributed by atoms with Gasteiger partial charge in [0.1, 0.15) is 5.75 Å². The lowest BCUT2D eigenvalue weighted by Gasteiger charge is -2.12. The molecular weight excluding hydrogens is 476 g/mol. The molecule has 2 N–H and O–H groups in total. The number of anilines is 2. The van der Waals surface area contributed by atoms with Gasteiger partial charge in [-0.25, -0.2) is 26.5 Å². The highest BCUT2D eigenvalue weighted by Gasteiger charge is 2.18. The first kappa shape index (κ1) is 23.2. The smallest absolute Gasteiger partial charge is 0.264 e. The Morgan fingerprint density at radius 3 is 2.09 bits per heavy atom. The molecule has 0 atom stereocenters. The lowest BCUT2D eigenvalue weighted by atomic mass is 10.1. The molecule has 174 valence electrons. The van der Waals surface area contributed by atoms with E-state index in [0.717, 1.165) is 6.26 Å². The van der Waals surface area contributed by atoms with Crippen LogP contribution < -0.4 is 14.2 Å². The summed E-state index contributed by atoms with van der Waals surface area (Å²) in [6.07, 6.45) is 1.05. The number of nitrogens with zero attached hydrogens (tertiary/aromatic N) is 2. The van der Waals surface area contributed by atoms with Gasteiger partial charge >= 0.3 is 0 Å². The van der Waals surface area contributed by atoms with Crippen molar-refractivity contribution in [3.63, 3.8) is 0 Å². The first-order valence-electron chi connectivity index (χ1n) is 9.96. The van der Waals surface area contributed by atoms with Gasteiger partial charge in [0.2, 0.25) is 21.9 Å². The Kier molecular flexibility index (Phi) is 6.48. The molecule has 11 heteroatoms. The van der Waals surface area contributed by atoms with Crippen molar-refractivity contribution in [1.29, 1.82) is 0 Å². The highest BCUT2D eigenvalue weighted by molar-refractivity contribution is 7.92. The normalized spacial score (nSPS) is 11.6. The zero-order valence-electron chi connectivity index (χ0n) is 17.9. The summed E-state index contributed by atoms with van der Waals surface area (Å²) in [4.78, 5) is 8.60. The Hall–Kier alpha value is -3.96. The molecule has 9 nitrogen and oxygen atoms in total. The van der Waals surface area contributed by atoms with Crippen LogP contribution in [0.15, 0.2) is 95.9 Å². The molecular formula is C23H20N4O5S2. The fourth-order valence-corrected chi connectivity index (χ4v) is 4.53. The Balaban J connectivity index is 1.76. The Bertz CT molecular complexity index is 1510. The summed E-state index contributed by atoms with van der Waals surface area (Å²) in [5.74, 6) is 0.397. The first-order valence-corrected chi connectivity index (χ1v) is 13.3. The molecule has 0 fully saturated rings. The van der Waals surface area contributed by atoms with Gasteiger partial charge in [0.25, 0.3) is 10.0 Å². The number of aromatic nitrogens is 2. The fourth-order valence-electron chi connectivity index (χ4n) is 3.01. The summed E-state index contributed by atoms with van der Waals surface area (Å²) >= 11 is 0. The van der Waals surface area contributed by atoms with Gasteiger partial charge < -0.3 is 4.74 Å². The molecule has 0 amide bonds. The first-order chi connectivity index (χ1) is 16.2. The number of para-hydroxylation sites is 1. The third-order valence-corrected chi connectivity index (χ3v) is 6.36. The van der Waals surface area contributed by atoms with Crippen LogP contribution in [-0.2, 0) is 20.0 Å². The predicted molar refractivity (Wildman–Crippen MR) is 130 cm³/mol. The van der Waals surface area contributed by atoms with Crippen LogP contribution in [0.25, 0.3) is 11.3 Å². The number of hydrogen-bond donors (Lipinski definition) is 2. The van der Waals surface area contributed by atoms with Crippen molar-refractivity contribution in [3.8, 4) is 22.9 Å². The van der Waals surface area contributed by atoms with E-state index in [9.17, 15) is 16.8 Å². The Morgan fingerprint density at radius 2 is 1.41 bits per heavy atom. The zero-order valence-corrected chi connectivity index (χ0v) is 19.5. The van der Waals surface area contributed by atoms with Gasteiger partial charge in [-0.05, 0) is 36.4 Å². The van der Waals surface area contributed by atoms with Crippen molar-refractivity contribution in [2.45, 2.75) is 4.90 Å². The van der Waals surface area contributed by atoms with Crippen molar-refractivity contribution < 1.29 is 21.6 Å². The summed E-state index contributed by atoms with van der Waals surface area (Å²) in [5.41, 5.74) is 1.17. The molecule has 4 rings (SSSR count). The average molecular weight is 497 g/mol. The third-order valence-electron chi connectivity index (χ3n) is 4.41. The monoisotopic (exact) mass is 496 g/mol. The minimum absolute atomic E-state index is 0.0499. The van der Waals surface area contributed by atoms with Gasteiger partial charge in [-0.3, -0.25) is 4.72 Å². The van der Waals surface area contributed by atoms with Gasteiger partial charge in [-0.1, -0.05) is 48.5 Å². The van der Waals surface area contributed by atoms with Crippen LogP contribution in [0.2, 0.25) is 0 Å². The molecule has 0 aliphatic rings. The molecule has 0 saturated carbocycles. The van der Waals surface area contributed by atoms with Crippen molar-refractivity contribution in [3.05, 3.63) is 91.0 Å². The second-order valence-electron chi connectivity index (χ2n) is 7.20. The highest BCUT2D eigenvalue weighted by Crippen LogP contribution is 2.28. The molecule has 0 unspecified atom stereocenters. The topological polar surface area (TPSA) is 127 Å². The second kappa shape index (κ2) is 9.49. The zero-order chi connectivity index (χ0) is 24.2. The molecule has 0 aliphatic heterocycles. The van der Waals surface area contributed by atoms with Gasteiger partial charge in [0.05, 0.1) is 16.8 Å². The van der Waals surface area contributed by atoms with Crippen molar-refractivity contribution in [2.24, 2.45) is 0 Å². The van der Waals surface area contributed by atoms with Crippen molar-refractivity contribution in [1.82, 2.24) is 9.97 Å². The molecule has 1 heterocycles. The second-order valence-corrected chi connectivity index (χ2v) is 10.6. The van der Waals surface area contributed by atoms with Crippen LogP contribution in [0.4, 0.5) is 11.6 Å². The van der Waals surface area contributed by atoms with E-state index in [4.69, 9.17) is 4.74 Å². The van der Waals surface area contributed by atoms with E-state index < -0.39 is 20.0 Å². The summed E-state index contributed by atoms with van der Waals surface area (Å²) in [6, 6.07) is 24.7. The molecule has 0 aliphatic carbocycles. The molecule has 34 heavy (non-hydrogen) atoms. The van der Waals surface area contributed by atoms with Gasteiger partial charge in [0, 0.05) is 17.3 Å². The highest BCUT2D eigenvalue weighted by atomic mass is 32.2. The predicted octanol–water partition coefficient (Wildman–Crippen LogP) is 4.11. The Morgan fingerprint density at radius 1 is 0.735 bits per heavy atom. The molecule has 0 bridgehead atoms. The molecule has 0 radical (unpaired) electrons. The number of nitrogens with one attached hydrogen (secondary N) is 2. The maximum atomic E-state index is 12.8. The van der Waals surface area contributed by atoms with E-state index in [2.05, 4.69) is 19.4 Å². The standard InChI is InChI=1S/C23H20N4O5S2/c1-33(28,29)26-18-10-8-9-17(15-18)21-16-22(32-19-11-4-2-5-12-19)25-23(24-21)27-34(30,31)20-13-6-3-7-14-20/h2-16,26H,1H3,(H,24,25,27). The maximum absolute atomic E-state index is 12.8. The summed E-state index contributed by atoms with van der Waals surface area (Å²) in [6.45, 7) is 0. The van der Waals surface area contributed by atoms with Crippen LogP contribution >= 0.6 is 0 Å². The van der Waals surface area contributed by atoms with E-state index in [-0.39, 0.29) is 16.7 Å². The van der Waals surface area contributed by atoms with Crippen molar-refractivity contribution in [2.75, 3.05) is 15.7 Å². The maximum Gasteiger partial charge on any atom is 0.264 e. The van der Waals surface area contributed by atoms with Crippen LogP contribution in [-0.4, -0.2) is 33.1 Å². The van der Waals surface area contributed by atoms with Crippen LogP contribution in [0, 0.1) is 0 Å². The molecule has 0 spiro atoms. The summed E-state index contributed by atoms with van der Waals surface area (Å²) in [7, 11) is -7.44. The minimum atomic E-state index is -3.96. The quantitative estimate of drug-likeness (QED) is 0.376. The van der Waals surface area contributed by atoms with E-state index in [1.54, 1.807) is 66.7 Å². The van der Waals surface area contributed by atoms with Gasteiger partial charge in [0.15, 0.2) is 0 Å². The lowest BCUT2D eigenvalue weighted by molar-refractivity contribution is 0.463. The number of sulfonamides is 2. The Labute approximate surface area is 197 Å². The molecule has 3 aromatic carbocycles. The molecule has 0 saturated heterocycles. The third kappa shape index (κ3) is 6.09. The summed E-state index contributed by atoms with van der Waals surface area (Å²) in [5, 5.41) is 0.